The van der Waals surface area contributed by atoms with E-state index in [0.717, 1.165) is 24.8 Å². The lowest BCUT2D eigenvalue weighted by Crippen LogP contribution is -2.31. The van der Waals surface area contributed by atoms with E-state index in [1.54, 1.807) is 0 Å². The number of aromatic nitrogens is 2. The van der Waals surface area contributed by atoms with Crippen LogP contribution in [0.4, 0.5) is 26.3 Å². The van der Waals surface area contributed by atoms with Gasteiger partial charge in [0.05, 0.1) is 24.2 Å². The van der Waals surface area contributed by atoms with Crippen molar-refractivity contribution in [1.29, 1.82) is 0 Å². The van der Waals surface area contributed by atoms with Gasteiger partial charge in [-0.1, -0.05) is 0 Å². The van der Waals surface area contributed by atoms with E-state index in [-0.39, 0.29) is 11.1 Å². The van der Waals surface area contributed by atoms with Gasteiger partial charge >= 0.3 is 24.3 Å². The minimum absolute atomic E-state index is 0.361. The van der Waals surface area contributed by atoms with Crippen molar-refractivity contribution in [2.75, 3.05) is 0 Å². The van der Waals surface area contributed by atoms with Crippen LogP contribution in [0.1, 0.15) is 22.3 Å². The highest BCUT2D eigenvalue weighted by Gasteiger charge is 2.34. The summed E-state index contributed by atoms with van der Waals surface area (Å²) >= 11 is 0. The molecule has 0 saturated heterocycles. The molecular formula is C16H12F6N4O4. The normalized spacial score (nSPS) is 11.8. The van der Waals surface area contributed by atoms with Gasteiger partial charge in [-0.15, -0.1) is 11.0 Å². The predicted molar refractivity (Wildman–Crippen MR) is 84.3 cm³/mol. The topological polar surface area (TPSA) is 102 Å². The number of alkyl halides is 6. The van der Waals surface area contributed by atoms with Crippen molar-refractivity contribution >= 4 is 11.9 Å². The smallest absolute Gasteiger partial charge is 0.361 e. The fraction of sp³-hybridized carbons (Fsp3) is 0.250. The zero-order valence-electron chi connectivity index (χ0n) is 14.7. The number of halogens is 6. The second kappa shape index (κ2) is 9.49. The maximum absolute atomic E-state index is 12.8. The number of hydroxylamine groups is 2. The van der Waals surface area contributed by atoms with Crippen LogP contribution < -0.4 is 11.0 Å². The molecule has 0 bridgehead atoms. The van der Waals surface area contributed by atoms with Gasteiger partial charge in [-0.3, -0.25) is 9.97 Å². The van der Waals surface area contributed by atoms with Gasteiger partial charge < -0.3 is 9.68 Å². The molecule has 0 unspecified atom stereocenters. The molecule has 0 atom stereocenters. The van der Waals surface area contributed by atoms with Crippen LogP contribution in [0.3, 0.4) is 0 Å². The van der Waals surface area contributed by atoms with Gasteiger partial charge in [-0.25, -0.2) is 9.59 Å². The zero-order chi connectivity index (χ0) is 22.4. The molecule has 0 aromatic carbocycles. The van der Waals surface area contributed by atoms with Crippen LogP contribution in [0.25, 0.3) is 0 Å². The molecule has 0 spiro atoms. The van der Waals surface area contributed by atoms with Gasteiger partial charge in [-0.05, 0) is 23.3 Å². The molecule has 0 aliphatic heterocycles. The molecule has 0 fully saturated rings. The van der Waals surface area contributed by atoms with Crippen molar-refractivity contribution < 1.29 is 45.6 Å². The first-order valence-corrected chi connectivity index (χ1v) is 7.88. The predicted octanol–water partition coefficient (Wildman–Crippen LogP) is 2.31. The Balaban J connectivity index is 1.83. The first-order valence-electron chi connectivity index (χ1n) is 7.88. The second-order valence-electron chi connectivity index (χ2n) is 5.48. The third kappa shape index (κ3) is 6.38. The molecule has 0 radical (unpaired) electrons. The van der Waals surface area contributed by atoms with E-state index in [9.17, 15) is 35.9 Å². The van der Waals surface area contributed by atoms with Crippen molar-refractivity contribution in [3.8, 4) is 0 Å². The van der Waals surface area contributed by atoms with Crippen molar-refractivity contribution in [1.82, 2.24) is 20.9 Å². The number of hydrogen-bond donors (Lipinski definition) is 2. The van der Waals surface area contributed by atoms with Crippen molar-refractivity contribution in [2.45, 2.75) is 25.4 Å². The number of carbonyl (C=O) groups excluding carboxylic acids is 2. The minimum atomic E-state index is -4.67. The summed E-state index contributed by atoms with van der Waals surface area (Å²) in [5, 5.41) is 0. The van der Waals surface area contributed by atoms with E-state index in [1.807, 2.05) is 11.0 Å². The molecule has 0 aliphatic carbocycles. The zero-order valence-corrected chi connectivity index (χ0v) is 14.7. The molecule has 0 saturated carbocycles. The first kappa shape index (κ1) is 23.0. The lowest BCUT2D eigenvalue weighted by molar-refractivity contribution is -0.177. The highest BCUT2D eigenvalue weighted by molar-refractivity contribution is 6.29. The lowest BCUT2D eigenvalue weighted by atomic mass is 10.1. The van der Waals surface area contributed by atoms with Gasteiger partial charge in [0.2, 0.25) is 0 Å². The van der Waals surface area contributed by atoms with Gasteiger partial charge in [0, 0.05) is 24.8 Å². The summed E-state index contributed by atoms with van der Waals surface area (Å²) in [7, 11) is 0. The highest BCUT2D eigenvalue weighted by atomic mass is 19.4. The molecule has 8 nitrogen and oxygen atoms in total. The molecule has 30 heavy (non-hydrogen) atoms. The number of pyridine rings is 2. The molecule has 0 amide bonds. The third-order valence-corrected chi connectivity index (χ3v) is 3.44. The highest BCUT2D eigenvalue weighted by Crippen LogP contribution is 2.32. The average molecular weight is 438 g/mol. The Morgan fingerprint density at radius 3 is 1.47 bits per heavy atom. The van der Waals surface area contributed by atoms with Crippen molar-refractivity contribution in [3.05, 3.63) is 59.2 Å². The van der Waals surface area contributed by atoms with Crippen LogP contribution in [0.2, 0.25) is 0 Å². The monoisotopic (exact) mass is 438 g/mol. The molecule has 2 N–H and O–H groups in total. The molecular weight excluding hydrogens is 426 g/mol. The van der Waals surface area contributed by atoms with Gasteiger partial charge in [0.25, 0.3) is 0 Å². The summed E-state index contributed by atoms with van der Waals surface area (Å²) in [6.07, 6.45) is -5.73. The lowest BCUT2D eigenvalue weighted by Gasteiger charge is -2.13. The molecule has 14 heteroatoms. The minimum Gasteiger partial charge on any atom is -0.361 e. The van der Waals surface area contributed by atoms with Crippen molar-refractivity contribution in [2.24, 2.45) is 0 Å². The third-order valence-electron chi connectivity index (χ3n) is 3.44. The van der Waals surface area contributed by atoms with E-state index in [0.29, 0.717) is 12.1 Å². The summed E-state index contributed by atoms with van der Waals surface area (Å²) < 4.78 is 76.9. The van der Waals surface area contributed by atoms with Crippen LogP contribution in [-0.2, 0) is 44.7 Å². The van der Waals surface area contributed by atoms with Crippen molar-refractivity contribution in [3.63, 3.8) is 0 Å². The summed E-state index contributed by atoms with van der Waals surface area (Å²) in [5.41, 5.74) is 0.938. The van der Waals surface area contributed by atoms with Crippen LogP contribution in [-0.4, -0.2) is 21.9 Å². The van der Waals surface area contributed by atoms with Crippen LogP contribution in [0.5, 0.6) is 0 Å². The quantitative estimate of drug-likeness (QED) is 0.403. The Hall–Kier alpha value is -3.26. The van der Waals surface area contributed by atoms with Crippen LogP contribution >= 0.6 is 0 Å². The average Bonchev–Trinajstić information content (AvgIpc) is 2.67. The fourth-order valence-corrected chi connectivity index (χ4v) is 2.13. The van der Waals surface area contributed by atoms with E-state index in [4.69, 9.17) is 0 Å². The number of hydrogen-bond acceptors (Lipinski definition) is 8. The first-order chi connectivity index (χ1) is 14.0. The largest absolute Gasteiger partial charge is 0.437 e. The number of rotatable bonds is 6. The van der Waals surface area contributed by atoms with Gasteiger partial charge in [-0.2, -0.15) is 26.3 Å². The number of carbonyl (C=O) groups is 2. The Bertz CT molecular complexity index is 830. The molecule has 162 valence electrons. The Morgan fingerprint density at radius 2 is 1.13 bits per heavy atom. The molecule has 2 aromatic heterocycles. The molecule has 0 aliphatic rings. The van der Waals surface area contributed by atoms with Crippen LogP contribution in [0, 0.1) is 0 Å². The van der Waals surface area contributed by atoms with E-state index >= 15 is 0 Å². The van der Waals surface area contributed by atoms with Gasteiger partial charge in [0.15, 0.2) is 0 Å². The number of nitrogens with one attached hydrogen (secondary N) is 2. The summed E-state index contributed by atoms with van der Waals surface area (Å²) in [6, 6.07) is 1.43. The van der Waals surface area contributed by atoms with E-state index in [2.05, 4.69) is 19.6 Å². The van der Waals surface area contributed by atoms with Crippen LogP contribution in [0.15, 0.2) is 36.9 Å². The molecule has 2 heterocycles. The van der Waals surface area contributed by atoms with E-state index < -0.39 is 48.5 Å². The van der Waals surface area contributed by atoms with E-state index in [1.165, 1.54) is 0 Å². The second-order valence-corrected chi connectivity index (χ2v) is 5.48. The standard InChI is InChI=1S/C16H12F6N4O4/c17-15(18,19)11-1-3-23-5-9(11)7-25-29-13(27)14(28)30-26-8-10-6-24-4-2-12(10)16(20,21)22/h1-6,25-26H,7-8H2. The summed E-state index contributed by atoms with van der Waals surface area (Å²) in [5.74, 6) is -3.30. The maximum Gasteiger partial charge on any atom is 0.437 e. The SMILES string of the molecule is O=C(ONCc1cnccc1C(F)(F)F)C(=O)ONCc1cnccc1C(F)(F)F. The summed E-state index contributed by atoms with van der Waals surface area (Å²) in [4.78, 5) is 38.5. The van der Waals surface area contributed by atoms with Gasteiger partial charge in [0.1, 0.15) is 0 Å². The Kier molecular flexibility index (Phi) is 7.28. The molecule has 2 rings (SSSR count). The molecule has 2 aromatic rings. The Labute approximate surface area is 164 Å². The summed E-state index contributed by atoms with van der Waals surface area (Å²) in [6.45, 7) is -1.25. The maximum atomic E-state index is 12.8. The number of nitrogens with zero attached hydrogens (tertiary/aromatic N) is 2. The Morgan fingerprint density at radius 1 is 0.767 bits per heavy atom. The fourth-order valence-electron chi connectivity index (χ4n) is 2.13.